The summed E-state index contributed by atoms with van der Waals surface area (Å²) in [4.78, 5) is 26.3. The lowest BCUT2D eigenvalue weighted by molar-refractivity contribution is -0.384. The van der Waals surface area contributed by atoms with Gasteiger partial charge in [0.25, 0.3) is 5.69 Å². The van der Waals surface area contributed by atoms with Crippen LogP contribution >= 0.6 is 0 Å². The third-order valence-corrected chi connectivity index (χ3v) is 1.90. The Balaban J connectivity index is 2.49. The van der Waals surface area contributed by atoms with E-state index >= 15 is 0 Å². The van der Waals surface area contributed by atoms with Crippen LogP contribution in [0.4, 0.5) is 16.2 Å². The van der Waals surface area contributed by atoms with E-state index in [1.807, 2.05) is 13.8 Å². The smallest absolute Gasteiger partial charge is 0.306 e. The summed E-state index contributed by atoms with van der Waals surface area (Å²) in [5.74, 6) is 0.295. The number of carbonyl (C=O) groups is 1. The lowest BCUT2D eigenvalue weighted by atomic mass is 10.2. The van der Waals surface area contributed by atoms with Gasteiger partial charge in [-0.15, -0.1) is 0 Å². The normalized spacial score (nSPS) is 10.2. The Bertz CT molecular complexity index is 434. The molecule has 0 bridgehead atoms. The number of amides is 2. The fourth-order valence-corrected chi connectivity index (χ4v) is 1.13. The first kappa shape index (κ1) is 13.9. The molecule has 98 valence electrons. The molecule has 0 saturated heterocycles. The fraction of sp³-hybridized carbons (Fsp3) is 0.364. The molecular formula is C11H15N3O4. The van der Waals surface area contributed by atoms with Gasteiger partial charge in [0.2, 0.25) is 0 Å². The van der Waals surface area contributed by atoms with Crippen molar-refractivity contribution in [1.82, 2.24) is 5.48 Å². The zero-order chi connectivity index (χ0) is 13.5. The van der Waals surface area contributed by atoms with E-state index in [1.165, 1.54) is 18.2 Å². The Morgan fingerprint density at radius 1 is 1.50 bits per heavy atom. The van der Waals surface area contributed by atoms with Gasteiger partial charge in [-0.1, -0.05) is 19.9 Å². The molecule has 0 aliphatic rings. The van der Waals surface area contributed by atoms with Crippen molar-refractivity contribution < 1.29 is 14.6 Å². The number of rotatable bonds is 5. The second-order valence-corrected chi connectivity index (χ2v) is 4.07. The molecule has 7 heteroatoms. The predicted molar refractivity (Wildman–Crippen MR) is 66.0 cm³/mol. The predicted octanol–water partition coefficient (Wildman–Crippen LogP) is 2.30. The first-order chi connectivity index (χ1) is 8.49. The summed E-state index contributed by atoms with van der Waals surface area (Å²) < 4.78 is 0. The summed E-state index contributed by atoms with van der Waals surface area (Å²) in [6.45, 7) is 4.28. The van der Waals surface area contributed by atoms with Crippen LogP contribution in [0.5, 0.6) is 0 Å². The number of hydrogen-bond acceptors (Lipinski definition) is 4. The molecule has 1 aromatic rings. The molecule has 0 spiro atoms. The van der Waals surface area contributed by atoms with Crippen LogP contribution in [-0.2, 0) is 4.84 Å². The van der Waals surface area contributed by atoms with Gasteiger partial charge >= 0.3 is 6.03 Å². The number of anilines is 1. The Hall–Kier alpha value is -2.15. The van der Waals surface area contributed by atoms with Crippen LogP contribution in [0, 0.1) is 16.0 Å². The molecule has 0 aliphatic heterocycles. The number of nitrogens with zero attached hydrogens (tertiary/aromatic N) is 1. The molecule has 1 aromatic carbocycles. The number of carbonyl (C=O) groups excluding carboxylic acids is 1. The van der Waals surface area contributed by atoms with Crippen molar-refractivity contribution in [2.45, 2.75) is 13.8 Å². The highest BCUT2D eigenvalue weighted by Crippen LogP contribution is 2.16. The maximum Gasteiger partial charge on any atom is 0.343 e. The van der Waals surface area contributed by atoms with E-state index in [9.17, 15) is 14.9 Å². The van der Waals surface area contributed by atoms with Gasteiger partial charge in [0.1, 0.15) is 0 Å². The number of nitro benzene ring substituents is 1. The zero-order valence-electron chi connectivity index (χ0n) is 10.2. The average molecular weight is 253 g/mol. The minimum atomic E-state index is -0.573. The summed E-state index contributed by atoms with van der Waals surface area (Å²) >= 11 is 0. The van der Waals surface area contributed by atoms with Crippen LogP contribution in [0.1, 0.15) is 13.8 Å². The van der Waals surface area contributed by atoms with Crippen LogP contribution in [-0.4, -0.2) is 17.6 Å². The van der Waals surface area contributed by atoms with Crippen LogP contribution in [0.2, 0.25) is 0 Å². The highest BCUT2D eigenvalue weighted by atomic mass is 16.7. The van der Waals surface area contributed by atoms with Crippen LogP contribution < -0.4 is 10.8 Å². The maximum absolute atomic E-state index is 11.4. The maximum atomic E-state index is 11.4. The number of hydroxylamine groups is 1. The van der Waals surface area contributed by atoms with Crippen LogP contribution in [0.15, 0.2) is 24.3 Å². The highest BCUT2D eigenvalue weighted by molar-refractivity contribution is 5.88. The van der Waals surface area contributed by atoms with Gasteiger partial charge in [-0.05, 0) is 12.0 Å². The number of hydrogen-bond donors (Lipinski definition) is 2. The molecule has 0 atom stereocenters. The molecule has 0 unspecified atom stereocenters. The molecule has 2 N–H and O–H groups in total. The van der Waals surface area contributed by atoms with Gasteiger partial charge in [0.05, 0.1) is 11.5 Å². The van der Waals surface area contributed by atoms with Crippen molar-refractivity contribution in [3.05, 3.63) is 34.4 Å². The van der Waals surface area contributed by atoms with Gasteiger partial charge < -0.3 is 5.32 Å². The molecule has 7 nitrogen and oxygen atoms in total. The van der Waals surface area contributed by atoms with Crippen molar-refractivity contribution >= 4 is 17.4 Å². The molecule has 0 saturated carbocycles. The molecule has 18 heavy (non-hydrogen) atoms. The molecule has 0 aliphatic carbocycles. The van der Waals surface area contributed by atoms with Crippen molar-refractivity contribution in [2.24, 2.45) is 5.92 Å². The number of nitrogens with one attached hydrogen (secondary N) is 2. The molecule has 2 amide bonds. The summed E-state index contributed by atoms with van der Waals surface area (Å²) in [6.07, 6.45) is 0. The SMILES string of the molecule is CC(C)CONC(=O)Nc1cccc([N+](=O)[O-])c1. The van der Waals surface area contributed by atoms with E-state index in [1.54, 1.807) is 6.07 Å². The lowest BCUT2D eigenvalue weighted by Crippen LogP contribution is -2.30. The fourth-order valence-electron chi connectivity index (χ4n) is 1.13. The van der Waals surface area contributed by atoms with E-state index < -0.39 is 11.0 Å². The van der Waals surface area contributed by atoms with Gasteiger partial charge in [-0.25, -0.2) is 10.3 Å². The Labute approximate surface area is 104 Å². The molecule has 1 rings (SSSR count). The minimum absolute atomic E-state index is 0.0871. The second-order valence-electron chi connectivity index (χ2n) is 4.07. The molecule has 0 heterocycles. The van der Waals surface area contributed by atoms with E-state index in [4.69, 9.17) is 4.84 Å². The first-order valence-corrected chi connectivity index (χ1v) is 5.42. The van der Waals surface area contributed by atoms with Gasteiger partial charge in [-0.2, -0.15) is 0 Å². The quantitative estimate of drug-likeness (QED) is 0.622. The Kier molecular flexibility index (Phi) is 5.06. The minimum Gasteiger partial charge on any atom is -0.306 e. The summed E-state index contributed by atoms with van der Waals surface area (Å²) in [7, 11) is 0. The van der Waals surface area contributed by atoms with E-state index in [0.717, 1.165) is 0 Å². The van der Waals surface area contributed by atoms with Crippen LogP contribution in [0.25, 0.3) is 0 Å². The van der Waals surface area contributed by atoms with E-state index in [0.29, 0.717) is 18.2 Å². The van der Waals surface area contributed by atoms with Crippen molar-refractivity contribution in [3.63, 3.8) is 0 Å². The Morgan fingerprint density at radius 3 is 2.83 bits per heavy atom. The largest absolute Gasteiger partial charge is 0.343 e. The Morgan fingerprint density at radius 2 is 2.22 bits per heavy atom. The monoisotopic (exact) mass is 253 g/mol. The second kappa shape index (κ2) is 6.55. The summed E-state index contributed by atoms with van der Waals surface area (Å²) in [5.41, 5.74) is 2.43. The summed E-state index contributed by atoms with van der Waals surface area (Å²) in [6, 6.07) is 5.08. The van der Waals surface area contributed by atoms with Crippen molar-refractivity contribution in [3.8, 4) is 0 Å². The standard InChI is InChI=1S/C11H15N3O4/c1-8(2)7-18-13-11(15)12-9-4-3-5-10(6-9)14(16)17/h3-6,8H,7H2,1-2H3,(H2,12,13,15). The van der Waals surface area contributed by atoms with Crippen molar-refractivity contribution in [1.29, 1.82) is 0 Å². The molecule has 0 radical (unpaired) electrons. The number of benzene rings is 1. The number of nitro groups is 1. The number of urea groups is 1. The van der Waals surface area contributed by atoms with E-state index in [-0.39, 0.29) is 5.69 Å². The first-order valence-electron chi connectivity index (χ1n) is 5.42. The topological polar surface area (TPSA) is 93.5 Å². The highest BCUT2D eigenvalue weighted by Gasteiger charge is 2.08. The van der Waals surface area contributed by atoms with Crippen LogP contribution in [0.3, 0.4) is 0 Å². The lowest BCUT2D eigenvalue weighted by Gasteiger charge is -2.09. The zero-order valence-corrected chi connectivity index (χ0v) is 10.2. The van der Waals surface area contributed by atoms with Gasteiger partial charge in [0.15, 0.2) is 0 Å². The van der Waals surface area contributed by atoms with Crippen molar-refractivity contribution in [2.75, 3.05) is 11.9 Å². The third kappa shape index (κ3) is 4.79. The van der Waals surface area contributed by atoms with Gasteiger partial charge in [0, 0.05) is 17.8 Å². The molecular weight excluding hydrogens is 238 g/mol. The molecule has 0 fully saturated rings. The summed E-state index contributed by atoms with van der Waals surface area (Å²) in [5, 5.41) is 13.0. The third-order valence-electron chi connectivity index (χ3n) is 1.90. The van der Waals surface area contributed by atoms with Gasteiger partial charge in [-0.3, -0.25) is 15.0 Å². The van der Waals surface area contributed by atoms with E-state index in [2.05, 4.69) is 10.8 Å². The number of non-ortho nitro benzene ring substituents is 1. The molecule has 0 aromatic heterocycles. The average Bonchev–Trinajstić information content (AvgIpc) is 2.28.